The van der Waals surface area contributed by atoms with Crippen molar-refractivity contribution in [3.05, 3.63) is 106 Å². The molecule has 0 bridgehead atoms. The van der Waals surface area contributed by atoms with Gasteiger partial charge in [-0.3, -0.25) is 9.69 Å². The Morgan fingerprint density at radius 1 is 1.11 bits per heavy atom. The molecule has 1 aliphatic rings. The van der Waals surface area contributed by atoms with Crippen LogP contribution in [0.25, 0.3) is 0 Å². The maximum absolute atomic E-state index is 14.8. The van der Waals surface area contributed by atoms with Gasteiger partial charge >= 0.3 is 0 Å². The lowest BCUT2D eigenvalue weighted by atomic mass is 9.67. The average Bonchev–Trinajstić information content (AvgIpc) is 2.92. The van der Waals surface area contributed by atoms with Crippen molar-refractivity contribution in [2.24, 2.45) is 5.92 Å². The number of aliphatic hydroxyl groups is 2. The molecule has 2 N–H and O–H groups in total. The molecule has 36 heavy (non-hydrogen) atoms. The molecule has 4 rings (SSSR count). The SMILES string of the molecule is COCCN1C[C@H](C(=O)c2cccc(CO)c2)[C@H](c2cccc(F)c2C)[C@@H](c2[c]cccc2CO)C1. The van der Waals surface area contributed by atoms with Gasteiger partial charge in [-0.1, -0.05) is 48.5 Å². The molecule has 0 spiro atoms. The number of nitrogens with zero attached hydrogens (tertiary/aromatic N) is 1. The normalized spacial score (nSPS) is 20.4. The largest absolute Gasteiger partial charge is 0.392 e. The number of ether oxygens (including phenoxy) is 1. The zero-order valence-corrected chi connectivity index (χ0v) is 20.8. The molecule has 1 fully saturated rings. The second kappa shape index (κ2) is 11.9. The van der Waals surface area contributed by atoms with Crippen LogP contribution in [0.15, 0.2) is 60.7 Å². The minimum atomic E-state index is -0.477. The van der Waals surface area contributed by atoms with Crippen molar-refractivity contribution < 1.29 is 24.1 Å². The van der Waals surface area contributed by atoms with E-state index >= 15 is 0 Å². The lowest BCUT2D eigenvalue weighted by Crippen LogP contribution is -2.48. The zero-order chi connectivity index (χ0) is 25.7. The number of aliphatic hydroxyl groups excluding tert-OH is 2. The summed E-state index contributed by atoms with van der Waals surface area (Å²) in [6.07, 6.45) is 0. The van der Waals surface area contributed by atoms with Crippen molar-refractivity contribution in [2.75, 3.05) is 33.4 Å². The summed E-state index contributed by atoms with van der Waals surface area (Å²) in [4.78, 5) is 16.3. The van der Waals surface area contributed by atoms with Crippen LogP contribution in [0.3, 0.4) is 0 Å². The summed E-state index contributed by atoms with van der Waals surface area (Å²) in [6.45, 7) is 3.73. The number of carbonyl (C=O) groups is 1. The Balaban J connectivity index is 1.88. The summed E-state index contributed by atoms with van der Waals surface area (Å²) < 4.78 is 20.2. The fourth-order valence-corrected chi connectivity index (χ4v) is 5.48. The van der Waals surface area contributed by atoms with E-state index in [1.807, 2.05) is 24.3 Å². The van der Waals surface area contributed by atoms with Crippen molar-refractivity contribution in [2.45, 2.75) is 32.0 Å². The van der Waals surface area contributed by atoms with E-state index in [0.29, 0.717) is 42.9 Å². The quantitative estimate of drug-likeness (QED) is 0.439. The van der Waals surface area contributed by atoms with Crippen LogP contribution >= 0.6 is 0 Å². The van der Waals surface area contributed by atoms with E-state index in [2.05, 4.69) is 11.0 Å². The lowest BCUT2D eigenvalue weighted by Gasteiger charge is -2.45. The van der Waals surface area contributed by atoms with E-state index in [1.165, 1.54) is 6.07 Å². The molecule has 0 saturated carbocycles. The number of Topliss-reactive ketones (excluding diaryl/α,β-unsaturated/α-hetero) is 1. The molecule has 1 saturated heterocycles. The molecular weight excluding hydrogens is 457 g/mol. The highest BCUT2D eigenvalue weighted by atomic mass is 19.1. The number of halogens is 1. The highest BCUT2D eigenvalue weighted by molar-refractivity contribution is 5.99. The van der Waals surface area contributed by atoms with Gasteiger partial charge in [0, 0.05) is 50.1 Å². The smallest absolute Gasteiger partial charge is 0.167 e. The van der Waals surface area contributed by atoms with Gasteiger partial charge in [0.1, 0.15) is 5.82 Å². The van der Waals surface area contributed by atoms with Crippen LogP contribution in [-0.4, -0.2) is 54.2 Å². The van der Waals surface area contributed by atoms with Crippen molar-refractivity contribution >= 4 is 5.78 Å². The van der Waals surface area contributed by atoms with Gasteiger partial charge < -0.3 is 14.9 Å². The maximum atomic E-state index is 14.8. The van der Waals surface area contributed by atoms with Crippen LogP contribution in [-0.2, 0) is 18.0 Å². The highest BCUT2D eigenvalue weighted by Gasteiger charge is 2.43. The van der Waals surface area contributed by atoms with E-state index in [4.69, 9.17) is 4.74 Å². The van der Waals surface area contributed by atoms with E-state index in [0.717, 1.165) is 16.7 Å². The third-order valence-corrected chi connectivity index (χ3v) is 7.31. The van der Waals surface area contributed by atoms with Crippen molar-refractivity contribution in [3.63, 3.8) is 0 Å². The topological polar surface area (TPSA) is 70.0 Å². The summed E-state index contributed by atoms with van der Waals surface area (Å²) in [5.74, 6) is -1.35. The number of piperidine rings is 1. The fraction of sp³-hybridized carbons (Fsp3) is 0.367. The number of rotatable bonds is 9. The van der Waals surface area contributed by atoms with Crippen molar-refractivity contribution in [3.8, 4) is 0 Å². The van der Waals surface area contributed by atoms with Gasteiger partial charge in [-0.2, -0.15) is 0 Å². The summed E-state index contributed by atoms with van der Waals surface area (Å²) in [5.41, 5.74) is 4.12. The minimum Gasteiger partial charge on any atom is -0.392 e. The first-order valence-electron chi connectivity index (χ1n) is 12.3. The standard InChI is InChI=1S/C30H33FNO4/c1-20-24(11-6-12-28(20)31)29-26(25-10-4-3-8-23(25)19-34)16-32(13-14-36-2)17-27(29)30(35)22-9-5-7-21(15-22)18-33/h3-9,11-12,15,26-27,29,33-34H,13-14,16-19H2,1-2H3/t26-,27+,29-/m1/s1. The number of likely N-dealkylation sites (tertiary alicyclic amines) is 1. The predicted molar refractivity (Wildman–Crippen MR) is 136 cm³/mol. The molecule has 5 nitrogen and oxygen atoms in total. The Bertz CT molecular complexity index is 1200. The molecule has 1 heterocycles. The first-order chi connectivity index (χ1) is 17.5. The molecule has 3 atom stereocenters. The van der Waals surface area contributed by atoms with Gasteiger partial charge in [0.15, 0.2) is 5.78 Å². The van der Waals surface area contributed by atoms with Crippen molar-refractivity contribution in [1.29, 1.82) is 0 Å². The average molecular weight is 491 g/mol. The van der Waals surface area contributed by atoms with Crippen LogP contribution < -0.4 is 0 Å². The van der Waals surface area contributed by atoms with Gasteiger partial charge in [-0.05, 0) is 52.9 Å². The van der Waals surface area contributed by atoms with Crippen LogP contribution in [0.4, 0.5) is 4.39 Å². The minimum absolute atomic E-state index is 0.0486. The second-order valence-corrected chi connectivity index (χ2v) is 9.44. The summed E-state index contributed by atoms with van der Waals surface area (Å²) >= 11 is 0. The Kier molecular flexibility index (Phi) is 8.64. The van der Waals surface area contributed by atoms with Crippen LogP contribution in [0.5, 0.6) is 0 Å². The van der Waals surface area contributed by atoms with Crippen molar-refractivity contribution in [1.82, 2.24) is 4.90 Å². The number of hydrogen-bond donors (Lipinski definition) is 2. The van der Waals surface area contributed by atoms with Gasteiger partial charge in [0.25, 0.3) is 0 Å². The monoisotopic (exact) mass is 490 g/mol. The lowest BCUT2D eigenvalue weighted by molar-refractivity contribution is 0.0662. The predicted octanol–water partition coefficient (Wildman–Crippen LogP) is 4.25. The molecular formula is C30H33FNO4. The van der Waals surface area contributed by atoms with Crippen LogP contribution in [0.2, 0.25) is 0 Å². The molecule has 1 radical (unpaired) electrons. The summed E-state index contributed by atoms with van der Waals surface area (Å²) in [7, 11) is 1.65. The third kappa shape index (κ3) is 5.42. The molecule has 3 aromatic carbocycles. The summed E-state index contributed by atoms with van der Waals surface area (Å²) in [6, 6.07) is 21.0. The van der Waals surface area contributed by atoms with E-state index in [9.17, 15) is 19.4 Å². The summed E-state index contributed by atoms with van der Waals surface area (Å²) in [5, 5.41) is 19.8. The van der Waals surface area contributed by atoms with Gasteiger partial charge in [0.2, 0.25) is 0 Å². The Morgan fingerprint density at radius 3 is 2.67 bits per heavy atom. The van der Waals surface area contributed by atoms with E-state index < -0.39 is 5.92 Å². The molecule has 3 aromatic rings. The van der Waals surface area contributed by atoms with Gasteiger partial charge in [-0.25, -0.2) is 4.39 Å². The Morgan fingerprint density at radius 2 is 1.92 bits per heavy atom. The van der Waals surface area contributed by atoms with Crippen LogP contribution in [0, 0.1) is 24.7 Å². The number of carbonyl (C=O) groups excluding carboxylic acids is 1. The number of benzene rings is 3. The van der Waals surface area contributed by atoms with E-state index in [1.54, 1.807) is 44.4 Å². The Hall–Kier alpha value is -2.90. The highest BCUT2D eigenvalue weighted by Crippen LogP contribution is 2.46. The van der Waals surface area contributed by atoms with E-state index in [-0.39, 0.29) is 36.7 Å². The second-order valence-electron chi connectivity index (χ2n) is 9.44. The molecule has 0 aliphatic carbocycles. The zero-order valence-electron chi connectivity index (χ0n) is 20.8. The number of ketones is 1. The van der Waals surface area contributed by atoms with Crippen LogP contribution in [0.1, 0.15) is 50.0 Å². The molecule has 189 valence electrons. The molecule has 1 aliphatic heterocycles. The van der Waals surface area contributed by atoms with Gasteiger partial charge in [0.05, 0.1) is 19.8 Å². The maximum Gasteiger partial charge on any atom is 0.167 e. The number of hydrogen-bond acceptors (Lipinski definition) is 5. The molecule has 6 heteroatoms. The fourth-order valence-electron chi connectivity index (χ4n) is 5.48. The molecule has 0 unspecified atom stereocenters. The Labute approximate surface area is 212 Å². The molecule has 0 aromatic heterocycles. The van der Waals surface area contributed by atoms with Gasteiger partial charge in [-0.15, -0.1) is 0 Å². The third-order valence-electron chi connectivity index (χ3n) is 7.31. The molecule has 0 amide bonds. The first kappa shape index (κ1) is 26.2. The first-order valence-corrected chi connectivity index (χ1v) is 12.3. The number of methoxy groups -OCH3 is 1.